The molecule has 0 spiro atoms. The highest BCUT2D eigenvalue weighted by molar-refractivity contribution is 6.06. The van der Waals surface area contributed by atoms with Crippen LogP contribution in [0, 0.1) is 0 Å². The third-order valence-electron chi connectivity index (χ3n) is 4.01. The van der Waals surface area contributed by atoms with Crippen LogP contribution in [0.4, 0.5) is 0 Å². The van der Waals surface area contributed by atoms with Gasteiger partial charge in [0.2, 0.25) is 0 Å². The van der Waals surface area contributed by atoms with Crippen molar-refractivity contribution in [2.45, 2.75) is 0 Å². The molecule has 0 aliphatic rings. The van der Waals surface area contributed by atoms with E-state index in [0.717, 1.165) is 22.4 Å². The Kier molecular flexibility index (Phi) is 5.79. The predicted molar refractivity (Wildman–Crippen MR) is 108 cm³/mol. The SMILES string of the molecule is COc1ccc(/C=C/C(=O)c2ccc(/C=C/c3ccccc3)cc2)cc1. The van der Waals surface area contributed by atoms with Gasteiger partial charge in [-0.25, -0.2) is 0 Å². The Labute approximate surface area is 154 Å². The van der Waals surface area contributed by atoms with E-state index >= 15 is 0 Å². The lowest BCUT2D eigenvalue weighted by molar-refractivity contribution is 0.104. The summed E-state index contributed by atoms with van der Waals surface area (Å²) in [6.07, 6.45) is 7.50. The molecule has 0 unspecified atom stereocenters. The molecule has 0 aliphatic heterocycles. The van der Waals surface area contributed by atoms with Crippen LogP contribution in [0.5, 0.6) is 5.75 Å². The van der Waals surface area contributed by atoms with E-state index < -0.39 is 0 Å². The van der Waals surface area contributed by atoms with Crippen LogP contribution in [0.15, 0.2) is 84.9 Å². The Bertz CT molecular complexity index is 903. The molecule has 3 rings (SSSR count). The molecule has 2 heteroatoms. The number of hydrogen-bond acceptors (Lipinski definition) is 2. The number of allylic oxidation sites excluding steroid dienone is 1. The van der Waals surface area contributed by atoms with Gasteiger partial charge in [-0.15, -0.1) is 0 Å². The molecule has 0 bridgehead atoms. The minimum Gasteiger partial charge on any atom is -0.497 e. The van der Waals surface area contributed by atoms with Crippen molar-refractivity contribution < 1.29 is 9.53 Å². The second-order valence-corrected chi connectivity index (χ2v) is 5.84. The predicted octanol–water partition coefficient (Wildman–Crippen LogP) is 5.76. The quantitative estimate of drug-likeness (QED) is 0.324. The molecule has 0 N–H and O–H groups in total. The van der Waals surface area contributed by atoms with Crippen LogP contribution in [-0.4, -0.2) is 12.9 Å². The van der Waals surface area contributed by atoms with Crippen molar-refractivity contribution in [3.05, 3.63) is 107 Å². The molecule has 0 saturated carbocycles. The summed E-state index contributed by atoms with van der Waals surface area (Å²) in [5.74, 6) is 0.784. The van der Waals surface area contributed by atoms with Crippen LogP contribution >= 0.6 is 0 Å². The fraction of sp³-hybridized carbons (Fsp3) is 0.0417. The highest BCUT2D eigenvalue weighted by Gasteiger charge is 2.01. The lowest BCUT2D eigenvalue weighted by atomic mass is 10.1. The third-order valence-corrected chi connectivity index (χ3v) is 4.01. The second kappa shape index (κ2) is 8.63. The number of carbonyl (C=O) groups is 1. The second-order valence-electron chi connectivity index (χ2n) is 5.84. The molecule has 0 aromatic heterocycles. The fourth-order valence-electron chi connectivity index (χ4n) is 2.50. The number of ether oxygens (including phenoxy) is 1. The maximum Gasteiger partial charge on any atom is 0.185 e. The van der Waals surface area contributed by atoms with Crippen molar-refractivity contribution in [1.29, 1.82) is 0 Å². The van der Waals surface area contributed by atoms with Crippen molar-refractivity contribution in [2.24, 2.45) is 0 Å². The summed E-state index contributed by atoms with van der Waals surface area (Å²) in [5.41, 5.74) is 3.84. The molecule has 0 amide bonds. The Morgan fingerprint density at radius 1 is 0.692 bits per heavy atom. The van der Waals surface area contributed by atoms with Gasteiger partial charge in [-0.05, 0) is 34.9 Å². The van der Waals surface area contributed by atoms with E-state index in [1.807, 2.05) is 78.9 Å². The molecule has 0 aliphatic carbocycles. The first kappa shape index (κ1) is 17.4. The topological polar surface area (TPSA) is 26.3 Å². The van der Waals surface area contributed by atoms with Gasteiger partial charge in [0.15, 0.2) is 5.78 Å². The summed E-state index contributed by atoms with van der Waals surface area (Å²) < 4.78 is 5.13. The van der Waals surface area contributed by atoms with Crippen molar-refractivity contribution in [3.8, 4) is 5.75 Å². The first-order valence-corrected chi connectivity index (χ1v) is 8.44. The molecule has 3 aromatic rings. The van der Waals surface area contributed by atoms with E-state index in [1.165, 1.54) is 0 Å². The van der Waals surface area contributed by atoms with Gasteiger partial charge in [-0.1, -0.05) is 85.0 Å². The molecular weight excluding hydrogens is 320 g/mol. The van der Waals surface area contributed by atoms with Crippen molar-refractivity contribution in [3.63, 3.8) is 0 Å². The van der Waals surface area contributed by atoms with Gasteiger partial charge in [-0.2, -0.15) is 0 Å². The van der Waals surface area contributed by atoms with E-state index in [2.05, 4.69) is 18.2 Å². The van der Waals surface area contributed by atoms with E-state index in [-0.39, 0.29) is 5.78 Å². The van der Waals surface area contributed by atoms with Crippen LogP contribution < -0.4 is 4.74 Å². The number of ketones is 1. The molecule has 26 heavy (non-hydrogen) atoms. The van der Waals surface area contributed by atoms with Gasteiger partial charge in [-0.3, -0.25) is 4.79 Å². The molecular formula is C24H20O2. The van der Waals surface area contributed by atoms with Gasteiger partial charge < -0.3 is 4.74 Å². The Hall–Kier alpha value is -3.39. The van der Waals surface area contributed by atoms with Gasteiger partial charge in [0, 0.05) is 5.56 Å². The van der Waals surface area contributed by atoms with Gasteiger partial charge in [0.25, 0.3) is 0 Å². The van der Waals surface area contributed by atoms with E-state index in [4.69, 9.17) is 4.74 Å². The summed E-state index contributed by atoms with van der Waals surface area (Å²) in [6, 6.07) is 25.3. The number of methoxy groups -OCH3 is 1. The minimum absolute atomic E-state index is 0.0144. The van der Waals surface area contributed by atoms with Gasteiger partial charge in [0.1, 0.15) is 5.75 Å². The average Bonchev–Trinajstić information content (AvgIpc) is 2.72. The maximum absolute atomic E-state index is 12.3. The average molecular weight is 340 g/mol. The van der Waals surface area contributed by atoms with Crippen LogP contribution in [0.1, 0.15) is 27.0 Å². The first-order valence-electron chi connectivity index (χ1n) is 8.44. The van der Waals surface area contributed by atoms with Crippen molar-refractivity contribution >= 4 is 24.0 Å². The minimum atomic E-state index is -0.0144. The maximum atomic E-state index is 12.3. The summed E-state index contributed by atoms with van der Waals surface area (Å²) >= 11 is 0. The Morgan fingerprint density at radius 3 is 1.85 bits per heavy atom. The van der Waals surface area contributed by atoms with Crippen molar-refractivity contribution in [2.75, 3.05) is 7.11 Å². The van der Waals surface area contributed by atoms with Gasteiger partial charge in [0.05, 0.1) is 7.11 Å². The molecule has 0 fully saturated rings. The van der Waals surface area contributed by atoms with Crippen molar-refractivity contribution in [1.82, 2.24) is 0 Å². The summed E-state index contributed by atoms with van der Waals surface area (Å²) in [7, 11) is 1.63. The van der Waals surface area contributed by atoms with Crippen LogP contribution in [0.2, 0.25) is 0 Å². The smallest absolute Gasteiger partial charge is 0.185 e. The van der Waals surface area contributed by atoms with E-state index in [0.29, 0.717) is 5.56 Å². The molecule has 0 atom stereocenters. The summed E-state index contributed by atoms with van der Waals surface area (Å²) in [5, 5.41) is 0. The van der Waals surface area contributed by atoms with E-state index in [1.54, 1.807) is 13.2 Å². The normalized spacial score (nSPS) is 11.1. The highest BCUT2D eigenvalue weighted by Crippen LogP contribution is 2.14. The number of benzene rings is 3. The molecule has 0 heterocycles. The monoisotopic (exact) mass is 340 g/mol. The first-order chi connectivity index (χ1) is 12.7. The zero-order valence-electron chi connectivity index (χ0n) is 14.6. The summed E-state index contributed by atoms with van der Waals surface area (Å²) in [6.45, 7) is 0. The Balaban J connectivity index is 1.64. The molecule has 3 aromatic carbocycles. The highest BCUT2D eigenvalue weighted by atomic mass is 16.5. The molecule has 0 saturated heterocycles. The molecule has 2 nitrogen and oxygen atoms in total. The lowest BCUT2D eigenvalue weighted by Gasteiger charge is -2.00. The molecule has 128 valence electrons. The third kappa shape index (κ3) is 4.81. The lowest BCUT2D eigenvalue weighted by Crippen LogP contribution is -1.93. The van der Waals surface area contributed by atoms with E-state index in [9.17, 15) is 4.79 Å². The zero-order valence-corrected chi connectivity index (χ0v) is 14.6. The number of rotatable bonds is 6. The van der Waals surface area contributed by atoms with Crippen LogP contribution in [0.25, 0.3) is 18.2 Å². The van der Waals surface area contributed by atoms with Gasteiger partial charge >= 0.3 is 0 Å². The number of hydrogen-bond donors (Lipinski definition) is 0. The zero-order chi connectivity index (χ0) is 18.2. The largest absolute Gasteiger partial charge is 0.497 e. The fourth-order valence-corrected chi connectivity index (χ4v) is 2.50. The number of carbonyl (C=O) groups excluding carboxylic acids is 1. The Morgan fingerprint density at radius 2 is 1.23 bits per heavy atom. The van der Waals surface area contributed by atoms with Crippen LogP contribution in [0.3, 0.4) is 0 Å². The summed E-state index contributed by atoms with van der Waals surface area (Å²) in [4.78, 5) is 12.3. The van der Waals surface area contributed by atoms with Crippen LogP contribution in [-0.2, 0) is 0 Å². The standard InChI is InChI=1S/C24H20O2/c1-26-23-16-11-21(12-17-23)13-18-24(25)22-14-9-20(10-15-22)8-7-19-5-3-2-4-6-19/h2-18H,1H3/b8-7+,18-13+. The molecule has 0 radical (unpaired) electrons.